The lowest BCUT2D eigenvalue weighted by Gasteiger charge is -2.12. The number of hydrogen-bond acceptors (Lipinski definition) is 4. The van der Waals surface area contributed by atoms with E-state index in [0.29, 0.717) is 18.4 Å². The van der Waals surface area contributed by atoms with Crippen molar-refractivity contribution < 1.29 is 9.66 Å². The first-order chi connectivity index (χ1) is 8.16. The molecule has 1 heterocycles. The summed E-state index contributed by atoms with van der Waals surface area (Å²) in [5.74, 6) is 0.356. The predicted octanol–water partition coefficient (Wildman–Crippen LogP) is 2.03. The Balaban J connectivity index is 2.06. The van der Waals surface area contributed by atoms with Crippen LogP contribution in [0.25, 0.3) is 0 Å². The molecule has 1 aromatic carbocycles. The van der Waals surface area contributed by atoms with Crippen molar-refractivity contribution in [3.05, 3.63) is 33.9 Å². The van der Waals surface area contributed by atoms with Gasteiger partial charge in [0.1, 0.15) is 6.61 Å². The minimum absolute atomic E-state index is 0.0444. The molecule has 1 saturated heterocycles. The molecule has 0 amide bonds. The Morgan fingerprint density at radius 3 is 3.06 bits per heavy atom. The summed E-state index contributed by atoms with van der Waals surface area (Å²) in [4.78, 5) is 10.5. The van der Waals surface area contributed by atoms with Crippen LogP contribution in [0.15, 0.2) is 18.2 Å². The zero-order valence-electron chi connectivity index (χ0n) is 9.81. The van der Waals surface area contributed by atoms with E-state index in [4.69, 9.17) is 4.74 Å². The highest BCUT2D eigenvalue weighted by molar-refractivity contribution is 5.48. The van der Waals surface area contributed by atoms with Crippen molar-refractivity contribution in [2.24, 2.45) is 0 Å². The lowest BCUT2D eigenvalue weighted by Crippen LogP contribution is -2.28. The summed E-state index contributed by atoms with van der Waals surface area (Å²) in [7, 11) is 0. The van der Waals surface area contributed by atoms with Crippen LogP contribution in [-0.4, -0.2) is 24.1 Å². The van der Waals surface area contributed by atoms with E-state index in [1.165, 1.54) is 6.07 Å². The maximum Gasteiger partial charge on any atom is 0.311 e. The maximum atomic E-state index is 10.9. The van der Waals surface area contributed by atoms with Gasteiger partial charge in [-0.2, -0.15) is 0 Å². The Hall–Kier alpha value is -1.62. The average Bonchev–Trinajstić information content (AvgIpc) is 2.80. The predicted molar refractivity (Wildman–Crippen MR) is 64.4 cm³/mol. The summed E-state index contributed by atoms with van der Waals surface area (Å²) in [6.07, 6.45) is 2.21. The molecule has 1 aromatic rings. The average molecular weight is 236 g/mol. The standard InChI is InChI=1S/C12H16N2O3/c1-9-4-5-12(11(7-9)14(15)16)17-8-10-3-2-6-13-10/h4-5,7,10,13H,2-3,6,8H2,1H3. The van der Waals surface area contributed by atoms with E-state index in [9.17, 15) is 10.1 Å². The van der Waals surface area contributed by atoms with Crippen LogP contribution in [0.3, 0.4) is 0 Å². The summed E-state index contributed by atoms with van der Waals surface area (Å²) in [6.45, 7) is 3.32. The van der Waals surface area contributed by atoms with Gasteiger partial charge in [0, 0.05) is 12.1 Å². The number of nitro benzene ring substituents is 1. The third kappa shape index (κ3) is 2.94. The third-order valence-corrected chi connectivity index (χ3v) is 2.91. The Morgan fingerprint density at radius 1 is 1.59 bits per heavy atom. The molecule has 1 N–H and O–H groups in total. The first-order valence-corrected chi connectivity index (χ1v) is 5.78. The SMILES string of the molecule is Cc1ccc(OCC2CCCN2)c([N+](=O)[O-])c1. The van der Waals surface area contributed by atoms with Crippen LogP contribution in [0.4, 0.5) is 5.69 Å². The highest BCUT2D eigenvalue weighted by Gasteiger charge is 2.18. The lowest BCUT2D eigenvalue weighted by molar-refractivity contribution is -0.385. The molecule has 0 radical (unpaired) electrons. The molecular formula is C12H16N2O3. The fourth-order valence-corrected chi connectivity index (χ4v) is 1.98. The van der Waals surface area contributed by atoms with Crippen molar-refractivity contribution in [3.63, 3.8) is 0 Å². The van der Waals surface area contributed by atoms with Gasteiger partial charge in [-0.05, 0) is 37.9 Å². The van der Waals surface area contributed by atoms with E-state index in [0.717, 1.165) is 24.9 Å². The molecule has 1 fully saturated rings. The first kappa shape index (κ1) is 11.9. The minimum atomic E-state index is -0.398. The van der Waals surface area contributed by atoms with Crippen LogP contribution in [-0.2, 0) is 0 Å². The van der Waals surface area contributed by atoms with Gasteiger partial charge in [0.25, 0.3) is 0 Å². The van der Waals surface area contributed by atoms with Gasteiger partial charge in [-0.25, -0.2) is 0 Å². The molecule has 2 rings (SSSR count). The molecule has 0 spiro atoms. The highest BCUT2D eigenvalue weighted by atomic mass is 16.6. The topological polar surface area (TPSA) is 64.4 Å². The summed E-state index contributed by atoms with van der Waals surface area (Å²) >= 11 is 0. The van der Waals surface area contributed by atoms with Crippen LogP contribution in [0.5, 0.6) is 5.75 Å². The molecule has 0 bridgehead atoms. The van der Waals surface area contributed by atoms with Crippen molar-refractivity contribution in [1.29, 1.82) is 0 Å². The summed E-state index contributed by atoms with van der Waals surface area (Å²) < 4.78 is 5.53. The van der Waals surface area contributed by atoms with Crippen molar-refractivity contribution >= 4 is 5.69 Å². The van der Waals surface area contributed by atoms with Crippen molar-refractivity contribution in [2.75, 3.05) is 13.2 Å². The molecule has 0 saturated carbocycles. The van der Waals surface area contributed by atoms with Gasteiger partial charge in [0.15, 0.2) is 5.75 Å². The number of nitrogens with zero attached hydrogens (tertiary/aromatic N) is 1. The highest BCUT2D eigenvalue weighted by Crippen LogP contribution is 2.28. The van der Waals surface area contributed by atoms with E-state index in [1.807, 2.05) is 13.0 Å². The van der Waals surface area contributed by atoms with Gasteiger partial charge < -0.3 is 10.1 Å². The van der Waals surface area contributed by atoms with Crippen LogP contribution in [0, 0.1) is 17.0 Å². The number of rotatable bonds is 4. The van der Waals surface area contributed by atoms with E-state index < -0.39 is 4.92 Å². The summed E-state index contributed by atoms with van der Waals surface area (Å²) in [5.41, 5.74) is 0.908. The number of nitrogens with one attached hydrogen (secondary N) is 1. The molecule has 5 heteroatoms. The number of nitro groups is 1. The minimum Gasteiger partial charge on any atom is -0.485 e. The van der Waals surface area contributed by atoms with E-state index >= 15 is 0 Å². The molecule has 0 aliphatic carbocycles. The van der Waals surface area contributed by atoms with Crippen molar-refractivity contribution in [2.45, 2.75) is 25.8 Å². The Kier molecular flexibility index (Phi) is 3.58. The van der Waals surface area contributed by atoms with Crippen LogP contribution < -0.4 is 10.1 Å². The van der Waals surface area contributed by atoms with Gasteiger partial charge >= 0.3 is 5.69 Å². The maximum absolute atomic E-state index is 10.9. The second-order valence-electron chi connectivity index (χ2n) is 4.33. The van der Waals surface area contributed by atoms with Gasteiger partial charge in [0.05, 0.1) is 4.92 Å². The third-order valence-electron chi connectivity index (χ3n) is 2.91. The zero-order chi connectivity index (χ0) is 12.3. The Morgan fingerprint density at radius 2 is 2.41 bits per heavy atom. The lowest BCUT2D eigenvalue weighted by atomic mass is 10.2. The van der Waals surface area contributed by atoms with Crippen LogP contribution in [0.1, 0.15) is 18.4 Å². The second kappa shape index (κ2) is 5.14. The number of hydrogen-bond donors (Lipinski definition) is 1. The molecule has 1 unspecified atom stereocenters. The van der Waals surface area contributed by atoms with Gasteiger partial charge in [-0.3, -0.25) is 10.1 Å². The fraction of sp³-hybridized carbons (Fsp3) is 0.500. The molecule has 5 nitrogen and oxygen atoms in total. The second-order valence-corrected chi connectivity index (χ2v) is 4.33. The monoisotopic (exact) mass is 236 g/mol. The molecule has 1 aliphatic rings. The van der Waals surface area contributed by atoms with Gasteiger partial charge in [0.2, 0.25) is 0 Å². The van der Waals surface area contributed by atoms with E-state index in [-0.39, 0.29) is 5.69 Å². The molecule has 92 valence electrons. The normalized spacial score (nSPS) is 19.2. The Labute approximate surface area is 99.9 Å². The quantitative estimate of drug-likeness (QED) is 0.641. The largest absolute Gasteiger partial charge is 0.485 e. The van der Waals surface area contributed by atoms with Crippen LogP contribution >= 0.6 is 0 Å². The summed E-state index contributed by atoms with van der Waals surface area (Å²) in [5, 5.41) is 14.2. The van der Waals surface area contributed by atoms with Gasteiger partial charge in [-0.1, -0.05) is 6.07 Å². The molecule has 1 aliphatic heterocycles. The Bertz CT molecular complexity index is 414. The molecule has 17 heavy (non-hydrogen) atoms. The zero-order valence-corrected chi connectivity index (χ0v) is 9.81. The smallest absolute Gasteiger partial charge is 0.311 e. The summed E-state index contributed by atoms with van der Waals surface area (Å²) in [6, 6.07) is 5.35. The number of ether oxygens (including phenoxy) is 1. The number of aryl methyl sites for hydroxylation is 1. The first-order valence-electron chi connectivity index (χ1n) is 5.78. The molecule has 1 atom stereocenters. The fourth-order valence-electron chi connectivity index (χ4n) is 1.98. The molecular weight excluding hydrogens is 220 g/mol. The van der Waals surface area contributed by atoms with Crippen molar-refractivity contribution in [1.82, 2.24) is 5.32 Å². The van der Waals surface area contributed by atoms with Crippen LogP contribution in [0.2, 0.25) is 0 Å². The molecule has 0 aromatic heterocycles. The van der Waals surface area contributed by atoms with Gasteiger partial charge in [-0.15, -0.1) is 0 Å². The van der Waals surface area contributed by atoms with E-state index in [1.54, 1.807) is 6.07 Å². The van der Waals surface area contributed by atoms with E-state index in [2.05, 4.69) is 5.32 Å². The van der Waals surface area contributed by atoms with Crippen molar-refractivity contribution in [3.8, 4) is 5.75 Å². The number of benzene rings is 1.